The lowest BCUT2D eigenvalue weighted by Crippen LogP contribution is -1.99. The highest BCUT2D eigenvalue weighted by molar-refractivity contribution is 6.11. The van der Waals surface area contributed by atoms with Gasteiger partial charge < -0.3 is 18.9 Å². The highest BCUT2D eigenvalue weighted by atomic mass is 16.5. The van der Waals surface area contributed by atoms with Crippen LogP contribution in [0.1, 0.15) is 0 Å². The van der Waals surface area contributed by atoms with Crippen LogP contribution in [0.15, 0.2) is 109 Å². The van der Waals surface area contributed by atoms with E-state index < -0.39 is 0 Å². The van der Waals surface area contributed by atoms with Crippen LogP contribution in [0.3, 0.4) is 0 Å². The summed E-state index contributed by atoms with van der Waals surface area (Å²) in [7, 11) is 6.73. The summed E-state index contributed by atoms with van der Waals surface area (Å²) >= 11 is 0. The minimum Gasteiger partial charge on any atom is -0.497 e. The molecule has 8 nitrogen and oxygen atoms in total. The van der Waals surface area contributed by atoms with Crippen molar-refractivity contribution < 1.29 is 18.9 Å². The van der Waals surface area contributed by atoms with Crippen molar-refractivity contribution >= 4 is 43.6 Å². The molecular formula is C38H30N4O4. The molecule has 8 aromatic rings. The highest BCUT2D eigenvalue weighted by Gasteiger charge is 2.18. The third-order valence-corrected chi connectivity index (χ3v) is 8.64. The predicted molar refractivity (Wildman–Crippen MR) is 182 cm³/mol. The average Bonchev–Trinajstić information content (AvgIpc) is 3.62. The highest BCUT2D eigenvalue weighted by Crippen LogP contribution is 2.38. The second kappa shape index (κ2) is 10.9. The fourth-order valence-corrected chi connectivity index (χ4v) is 6.41. The van der Waals surface area contributed by atoms with E-state index in [-0.39, 0.29) is 0 Å². The molecule has 4 heterocycles. The van der Waals surface area contributed by atoms with Gasteiger partial charge in [0.2, 0.25) is 0 Å². The largest absolute Gasteiger partial charge is 0.497 e. The van der Waals surface area contributed by atoms with Gasteiger partial charge in [-0.2, -0.15) is 0 Å². The zero-order valence-electron chi connectivity index (χ0n) is 25.8. The van der Waals surface area contributed by atoms with Crippen molar-refractivity contribution in [1.82, 2.24) is 19.1 Å². The summed E-state index contributed by atoms with van der Waals surface area (Å²) in [5, 5.41) is 4.25. The first-order valence-electron chi connectivity index (χ1n) is 14.9. The number of hydrogen-bond acceptors (Lipinski definition) is 6. The van der Waals surface area contributed by atoms with Crippen molar-refractivity contribution in [2.24, 2.45) is 0 Å². The van der Waals surface area contributed by atoms with E-state index >= 15 is 0 Å². The quantitative estimate of drug-likeness (QED) is 0.182. The molecule has 0 atom stereocenters. The first-order valence-corrected chi connectivity index (χ1v) is 14.9. The molecule has 8 rings (SSSR count). The lowest BCUT2D eigenvalue weighted by molar-refractivity contribution is 0.415. The number of aromatic nitrogens is 4. The van der Waals surface area contributed by atoms with Crippen molar-refractivity contribution in [3.8, 4) is 45.8 Å². The third kappa shape index (κ3) is 4.29. The van der Waals surface area contributed by atoms with Gasteiger partial charge in [0.15, 0.2) is 0 Å². The summed E-state index contributed by atoms with van der Waals surface area (Å²) in [6.07, 6.45) is 3.71. The molecular weight excluding hydrogens is 576 g/mol. The van der Waals surface area contributed by atoms with Crippen LogP contribution >= 0.6 is 0 Å². The number of hydrogen-bond donors (Lipinski definition) is 0. The molecule has 0 unspecified atom stereocenters. The smallest absolute Gasteiger partial charge is 0.138 e. The average molecular weight is 607 g/mol. The van der Waals surface area contributed by atoms with Crippen LogP contribution in [0.25, 0.3) is 66.4 Å². The van der Waals surface area contributed by atoms with Crippen molar-refractivity contribution in [3.63, 3.8) is 0 Å². The van der Waals surface area contributed by atoms with Crippen molar-refractivity contribution in [3.05, 3.63) is 109 Å². The van der Waals surface area contributed by atoms with E-state index in [0.29, 0.717) is 0 Å². The van der Waals surface area contributed by atoms with E-state index in [4.69, 9.17) is 28.9 Å². The Balaban J connectivity index is 1.29. The second-order valence-electron chi connectivity index (χ2n) is 11.0. The monoisotopic (exact) mass is 606 g/mol. The van der Waals surface area contributed by atoms with Crippen molar-refractivity contribution in [2.45, 2.75) is 0 Å². The zero-order valence-corrected chi connectivity index (χ0v) is 25.8. The number of ether oxygens (including phenoxy) is 4. The van der Waals surface area contributed by atoms with Gasteiger partial charge in [0, 0.05) is 33.9 Å². The van der Waals surface area contributed by atoms with Gasteiger partial charge in [0.1, 0.15) is 34.6 Å². The second-order valence-corrected chi connectivity index (χ2v) is 11.0. The molecule has 226 valence electrons. The minimum atomic E-state index is 0.794. The number of nitrogens with zero attached hydrogens (tertiary/aromatic N) is 4. The topological polar surface area (TPSA) is 72.6 Å². The Morgan fingerprint density at radius 1 is 0.391 bits per heavy atom. The molecule has 0 saturated heterocycles. The van der Waals surface area contributed by atoms with E-state index in [1.54, 1.807) is 28.4 Å². The third-order valence-electron chi connectivity index (χ3n) is 8.64. The standard InChI is InChI=1S/C38H30N4O4/c1-43-25-5-9-33-29(19-25)30-20-26(44-2)6-10-34(30)41(33)37-17-23(13-15-39-37)24-14-16-40-38(18-24)42-35-11-7-27(45-3)21-31(35)32-22-28(46-4)8-12-36(32)42/h5-22H,1-4H3. The normalized spacial score (nSPS) is 11.5. The molecule has 0 saturated carbocycles. The maximum atomic E-state index is 5.56. The number of benzene rings is 4. The first-order chi connectivity index (χ1) is 22.6. The summed E-state index contributed by atoms with van der Waals surface area (Å²) in [5.41, 5.74) is 6.16. The fraction of sp³-hybridized carbons (Fsp3) is 0.105. The molecule has 0 N–H and O–H groups in total. The molecule has 0 aliphatic heterocycles. The molecule has 4 aromatic carbocycles. The summed E-state index contributed by atoms with van der Waals surface area (Å²) in [6, 6.07) is 32.7. The number of fused-ring (bicyclic) bond motifs is 6. The van der Waals surface area contributed by atoms with Gasteiger partial charge in [-0.3, -0.25) is 9.13 Å². The van der Waals surface area contributed by atoms with Crippen molar-refractivity contribution in [1.29, 1.82) is 0 Å². The van der Waals surface area contributed by atoms with Gasteiger partial charge >= 0.3 is 0 Å². The predicted octanol–water partition coefficient (Wildman–Crippen LogP) is 8.37. The van der Waals surface area contributed by atoms with Crippen LogP contribution in [0.5, 0.6) is 23.0 Å². The molecule has 0 spiro atoms. The molecule has 0 aliphatic rings. The van der Waals surface area contributed by atoms with Crippen LogP contribution in [-0.4, -0.2) is 47.5 Å². The van der Waals surface area contributed by atoms with Gasteiger partial charge in [0.05, 0.1) is 50.5 Å². The van der Waals surface area contributed by atoms with Gasteiger partial charge in [0.25, 0.3) is 0 Å². The van der Waals surface area contributed by atoms with E-state index in [0.717, 1.165) is 89.4 Å². The number of rotatable bonds is 7. The lowest BCUT2D eigenvalue weighted by atomic mass is 10.1. The Morgan fingerprint density at radius 3 is 0.978 bits per heavy atom. The Labute approximate surface area is 265 Å². The molecule has 0 radical (unpaired) electrons. The SMILES string of the molecule is COc1ccc2c(c1)c1cc(OC)ccc1n2-c1cc(-c2ccnc(-n3c4ccc(OC)cc4c4cc(OC)ccc43)c2)ccn1. The van der Waals surface area contributed by atoms with Crippen LogP contribution in [0.2, 0.25) is 0 Å². The Bertz CT molecular complexity index is 2150. The van der Waals surface area contributed by atoms with Crippen LogP contribution in [-0.2, 0) is 0 Å². The molecule has 0 fully saturated rings. The Kier molecular flexibility index (Phi) is 6.49. The summed E-state index contributed by atoms with van der Waals surface area (Å²) in [4.78, 5) is 9.67. The van der Waals surface area contributed by atoms with Gasteiger partial charge in [-0.15, -0.1) is 0 Å². The van der Waals surface area contributed by atoms with Crippen LogP contribution in [0.4, 0.5) is 0 Å². The maximum absolute atomic E-state index is 5.56. The summed E-state index contributed by atoms with van der Waals surface area (Å²) in [5.74, 6) is 4.79. The van der Waals surface area contributed by atoms with E-state index in [1.165, 1.54) is 0 Å². The van der Waals surface area contributed by atoms with Crippen molar-refractivity contribution in [2.75, 3.05) is 28.4 Å². The van der Waals surface area contributed by atoms with E-state index in [9.17, 15) is 0 Å². The molecule has 8 heteroatoms. The van der Waals surface area contributed by atoms with Gasteiger partial charge in [-0.05, 0) is 108 Å². The van der Waals surface area contributed by atoms with E-state index in [1.807, 2.05) is 48.8 Å². The van der Waals surface area contributed by atoms with Crippen LogP contribution in [0, 0.1) is 0 Å². The number of pyridine rings is 2. The molecule has 46 heavy (non-hydrogen) atoms. The minimum absolute atomic E-state index is 0.794. The van der Waals surface area contributed by atoms with Crippen LogP contribution < -0.4 is 18.9 Å². The molecule has 0 amide bonds. The summed E-state index contributed by atoms with van der Waals surface area (Å²) < 4.78 is 26.6. The molecule has 4 aromatic heterocycles. The van der Waals surface area contributed by atoms with Gasteiger partial charge in [-0.1, -0.05) is 0 Å². The van der Waals surface area contributed by atoms with Gasteiger partial charge in [-0.25, -0.2) is 9.97 Å². The Morgan fingerprint density at radius 2 is 0.696 bits per heavy atom. The zero-order chi connectivity index (χ0) is 31.4. The van der Waals surface area contributed by atoms with E-state index in [2.05, 4.69) is 69.8 Å². The first kappa shape index (κ1) is 27.5. The fourth-order valence-electron chi connectivity index (χ4n) is 6.41. The molecule has 0 bridgehead atoms. The summed E-state index contributed by atoms with van der Waals surface area (Å²) in [6.45, 7) is 0. The number of methoxy groups -OCH3 is 4. The Hall–Kier alpha value is -6.02. The molecule has 0 aliphatic carbocycles. The maximum Gasteiger partial charge on any atom is 0.138 e. The lowest BCUT2D eigenvalue weighted by Gasteiger charge is -2.12.